The molecule has 1 fully saturated rings. The number of hydrogen-bond acceptors (Lipinski definition) is 16. The fourth-order valence-electron chi connectivity index (χ4n) is 10.2. The summed E-state index contributed by atoms with van der Waals surface area (Å²) in [5, 5.41) is 27.3. The second-order valence-corrected chi connectivity index (χ2v) is 20.3. The smallest absolute Gasteiger partial charge is 0.407 e. The summed E-state index contributed by atoms with van der Waals surface area (Å²) in [5.41, 5.74) is 3.70. The molecule has 420 valence electrons. The van der Waals surface area contributed by atoms with Gasteiger partial charge in [0.1, 0.15) is 49.6 Å². The molecule has 25 heteroatoms. The third-order valence-electron chi connectivity index (χ3n) is 14.5. The zero-order chi connectivity index (χ0) is 56.7. The van der Waals surface area contributed by atoms with E-state index in [2.05, 4.69) is 31.9 Å². The Balaban J connectivity index is 0.780. The highest BCUT2D eigenvalue weighted by molar-refractivity contribution is 7.71. The molecule has 8 amide bonds. The SMILES string of the molecule is CC[C@@]1(O)C(=O)OCc2c1cc1n(c2=S)Cc2c-1nc1cc(F)c(C)c3c1c2[C@H](NC(=O)COCNC(=O)CNC(=O)[C@H](Cc1ccccc1)NC(=O)CNC(=O)CNC(=O)OCCOCCN1C(=O)CC(C(C)C)C1=O)CC3. The first-order chi connectivity index (χ1) is 37.8. The summed E-state index contributed by atoms with van der Waals surface area (Å²) in [6.45, 7) is 4.68. The van der Waals surface area contributed by atoms with Gasteiger partial charge in [0, 0.05) is 46.9 Å². The number of carbonyl (C=O) groups is 9. The van der Waals surface area contributed by atoms with Gasteiger partial charge in [-0.3, -0.25) is 38.5 Å². The number of benzene rings is 2. The van der Waals surface area contributed by atoms with Crippen LogP contribution >= 0.6 is 12.2 Å². The van der Waals surface area contributed by atoms with E-state index in [1.165, 1.54) is 11.0 Å². The fourth-order valence-corrected chi connectivity index (χ4v) is 10.6. The number of aliphatic hydroxyl groups is 1. The Morgan fingerprint density at radius 1 is 0.911 bits per heavy atom. The number of cyclic esters (lactones) is 1. The molecule has 4 atom stereocenters. The van der Waals surface area contributed by atoms with E-state index in [0.29, 0.717) is 62.0 Å². The number of amides is 8. The molecule has 1 saturated heterocycles. The van der Waals surface area contributed by atoms with Crippen LogP contribution < -0.4 is 31.9 Å². The maximum Gasteiger partial charge on any atom is 0.407 e. The average Bonchev–Trinajstić information content (AvgIpc) is 3.29. The van der Waals surface area contributed by atoms with Crippen LogP contribution in [0.15, 0.2) is 42.5 Å². The number of imide groups is 1. The molecular formula is C54H62FN9O14S. The Bertz CT molecular complexity index is 3170. The molecule has 0 saturated carbocycles. The molecule has 7 N–H and O–H groups in total. The minimum Gasteiger partial charge on any atom is -0.458 e. The number of hydrogen-bond donors (Lipinski definition) is 7. The summed E-state index contributed by atoms with van der Waals surface area (Å²) in [4.78, 5) is 121. The van der Waals surface area contributed by atoms with E-state index in [0.717, 1.165) is 16.7 Å². The number of carbonyl (C=O) groups excluding carboxylic acids is 9. The summed E-state index contributed by atoms with van der Waals surface area (Å²) >= 11 is 5.91. The quantitative estimate of drug-likeness (QED) is 0.0161. The Hall–Kier alpha value is -7.74. The van der Waals surface area contributed by atoms with Crippen LogP contribution in [0, 0.1) is 29.2 Å². The van der Waals surface area contributed by atoms with Crippen LogP contribution in [-0.2, 0) is 88.9 Å². The molecule has 0 radical (unpaired) electrons. The molecule has 4 aliphatic rings. The molecule has 0 bridgehead atoms. The number of fused-ring (bicyclic) bond motifs is 5. The number of alkyl carbamates (subject to hydrolysis) is 1. The van der Waals surface area contributed by atoms with Gasteiger partial charge in [0.25, 0.3) is 0 Å². The predicted molar refractivity (Wildman–Crippen MR) is 280 cm³/mol. The summed E-state index contributed by atoms with van der Waals surface area (Å²) in [6.07, 6.45) is 0.142. The van der Waals surface area contributed by atoms with Crippen molar-refractivity contribution in [1.82, 2.24) is 46.4 Å². The standard InChI is InChI=1S/C54H62FN9O14S/c1-5-54(74)35-19-40-48-33(24-64(40)51(79)34(35)25-78-52(54)72)47-37(12-11-31-29(4)36(55)20-38(62-48)46(31)47)60-44(68)26-76-27-59-42(66)21-57-49(70)39(17-30-9-7-6-8-10-30)61-43(67)23-56-41(65)22-58-53(73)77-16-15-75-14-13-63-45(69)18-32(28(2)3)50(63)71/h6-10,19-20,28,32,37,39,74H,5,11-18,21-27H2,1-4H3,(H,56,65)(H,57,70)(H,58,73)(H,59,66)(H,60,68)(H,61,67)/t32?,37-,39+,54+/m1/s1. The number of aromatic nitrogens is 2. The van der Waals surface area contributed by atoms with E-state index in [1.807, 2.05) is 18.4 Å². The predicted octanol–water partition coefficient (Wildman–Crippen LogP) is 1.82. The minimum atomic E-state index is -1.92. The molecule has 1 unspecified atom stereocenters. The lowest BCUT2D eigenvalue weighted by atomic mass is 9.81. The van der Waals surface area contributed by atoms with Crippen LogP contribution in [0.1, 0.15) is 85.0 Å². The van der Waals surface area contributed by atoms with Gasteiger partial charge in [0.2, 0.25) is 41.4 Å². The molecule has 4 aromatic rings. The largest absolute Gasteiger partial charge is 0.458 e. The van der Waals surface area contributed by atoms with Crippen molar-refractivity contribution in [2.45, 2.75) is 90.6 Å². The molecule has 0 spiro atoms. The highest BCUT2D eigenvalue weighted by Gasteiger charge is 2.46. The summed E-state index contributed by atoms with van der Waals surface area (Å²) < 4.78 is 38.8. The van der Waals surface area contributed by atoms with Crippen molar-refractivity contribution >= 4 is 76.5 Å². The first kappa shape index (κ1) is 57.4. The number of likely N-dealkylation sites (tertiary alicyclic amines) is 1. The van der Waals surface area contributed by atoms with Crippen LogP contribution in [0.2, 0.25) is 0 Å². The van der Waals surface area contributed by atoms with Crippen LogP contribution in [0.25, 0.3) is 22.3 Å². The molecule has 1 aliphatic carbocycles. The number of esters is 1. The van der Waals surface area contributed by atoms with Crippen LogP contribution in [-0.4, -0.2) is 138 Å². The highest BCUT2D eigenvalue weighted by atomic mass is 32.1. The molecule has 79 heavy (non-hydrogen) atoms. The average molecular weight is 1110 g/mol. The fraction of sp³-hybridized carbons (Fsp3) is 0.463. The number of pyridine rings is 2. The molecular weight excluding hydrogens is 1050 g/mol. The lowest BCUT2D eigenvalue weighted by Gasteiger charge is -2.32. The van der Waals surface area contributed by atoms with Gasteiger partial charge < -0.3 is 60.5 Å². The number of halogens is 1. The lowest BCUT2D eigenvalue weighted by molar-refractivity contribution is -0.172. The Morgan fingerprint density at radius 3 is 2.38 bits per heavy atom. The first-order valence-electron chi connectivity index (χ1n) is 25.9. The van der Waals surface area contributed by atoms with Gasteiger partial charge in [0.15, 0.2) is 5.60 Å². The van der Waals surface area contributed by atoms with E-state index in [4.69, 9.17) is 36.1 Å². The number of nitrogens with one attached hydrogen (secondary N) is 6. The van der Waals surface area contributed by atoms with Crippen molar-refractivity contribution in [3.63, 3.8) is 0 Å². The number of aryl methyl sites for hydroxylation is 1. The lowest BCUT2D eigenvalue weighted by Crippen LogP contribution is -2.52. The van der Waals surface area contributed by atoms with Crippen LogP contribution in [0.3, 0.4) is 0 Å². The van der Waals surface area contributed by atoms with Crippen molar-refractivity contribution in [3.05, 3.63) is 91.9 Å². The zero-order valence-corrected chi connectivity index (χ0v) is 44.9. The maximum atomic E-state index is 15.4. The van der Waals surface area contributed by atoms with Gasteiger partial charge in [-0.15, -0.1) is 0 Å². The molecule has 3 aliphatic heterocycles. The van der Waals surface area contributed by atoms with E-state index < -0.39 is 98.1 Å². The van der Waals surface area contributed by atoms with E-state index in [-0.39, 0.29) is 82.4 Å². The Morgan fingerprint density at radius 2 is 1.65 bits per heavy atom. The van der Waals surface area contributed by atoms with Gasteiger partial charge in [-0.2, -0.15) is 0 Å². The summed E-state index contributed by atoms with van der Waals surface area (Å²) in [6, 6.07) is 10.0. The molecule has 23 nitrogen and oxygen atoms in total. The number of ether oxygens (including phenoxy) is 4. The minimum absolute atomic E-state index is 0.0246. The normalized spacial score (nSPS) is 18.3. The van der Waals surface area contributed by atoms with Crippen LogP contribution in [0.5, 0.6) is 0 Å². The van der Waals surface area contributed by atoms with Gasteiger partial charge in [-0.05, 0) is 60.4 Å². The van der Waals surface area contributed by atoms with Crippen molar-refractivity contribution in [2.75, 3.05) is 59.3 Å². The maximum absolute atomic E-state index is 15.4. The molecule has 2 aromatic heterocycles. The second kappa shape index (κ2) is 24.9. The van der Waals surface area contributed by atoms with Crippen molar-refractivity contribution in [3.8, 4) is 11.4 Å². The summed E-state index contributed by atoms with van der Waals surface area (Å²) in [5.74, 6) is -5.40. The zero-order valence-electron chi connectivity index (χ0n) is 44.0. The topological polar surface area (TPSA) is 304 Å². The Labute approximate surface area is 458 Å². The van der Waals surface area contributed by atoms with E-state index in [1.54, 1.807) is 50.2 Å². The second-order valence-electron chi connectivity index (χ2n) is 19.9. The third-order valence-corrected chi connectivity index (χ3v) is 15.0. The van der Waals surface area contributed by atoms with Gasteiger partial charge in [-0.1, -0.05) is 63.3 Å². The molecule has 8 rings (SSSR count). The number of rotatable bonds is 23. The monoisotopic (exact) mass is 1110 g/mol. The Kier molecular flexibility index (Phi) is 18.1. The third kappa shape index (κ3) is 12.7. The van der Waals surface area contributed by atoms with E-state index >= 15 is 4.39 Å². The van der Waals surface area contributed by atoms with Crippen LogP contribution in [0.4, 0.5) is 9.18 Å². The summed E-state index contributed by atoms with van der Waals surface area (Å²) in [7, 11) is 0. The molecule has 2 aromatic carbocycles. The van der Waals surface area contributed by atoms with Crippen molar-refractivity contribution < 1.29 is 71.6 Å². The highest BCUT2D eigenvalue weighted by Crippen LogP contribution is 2.47. The molecule has 5 heterocycles. The van der Waals surface area contributed by atoms with Crippen molar-refractivity contribution in [1.29, 1.82) is 0 Å². The van der Waals surface area contributed by atoms with Gasteiger partial charge in [-0.25, -0.2) is 19.0 Å². The number of nitrogens with zero attached hydrogens (tertiary/aromatic N) is 3. The van der Waals surface area contributed by atoms with Crippen molar-refractivity contribution in [2.24, 2.45) is 11.8 Å². The van der Waals surface area contributed by atoms with Gasteiger partial charge >= 0.3 is 12.1 Å². The van der Waals surface area contributed by atoms with E-state index in [9.17, 15) is 48.3 Å². The van der Waals surface area contributed by atoms with Gasteiger partial charge in [0.05, 0.1) is 62.3 Å². The first-order valence-corrected chi connectivity index (χ1v) is 26.4.